The molecule has 0 aromatic carbocycles. The van der Waals surface area contributed by atoms with E-state index in [1.54, 1.807) is 0 Å². The van der Waals surface area contributed by atoms with Crippen molar-refractivity contribution in [1.82, 2.24) is 4.90 Å². The summed E-state index contributed by atoms with van der Waals surface area (Å²) in [6.45, 7) is 2.69. The van der Waals surface area contributed by atoms with E-state index >= 15 is 0 Å². The topological polar surface area (TPSA) is 70.0 Å². The first-order valence-corrected chi connectivity index (χ1v) is 5.88. The van der Waals surface area contributed by atoms with Crippen LogP contribution in [0.5, 0.6) is 0 Å². The van der Waals surface area contributed by atoms with Crippen LogP contribution in [0.25, 0.3) is 0 Å². The predicted molar refractivity (Wildman–Crippen MR) is 59.4 cm³/mol. The molecule has 94 valence electrons. The molecule has 1 unspecified atom stereocenters. The maximum atomic E-state index is 10.7. The van der Waals surface area contributed by atoms with Gasteiger partial charge in [-0.25, -0.2) is 0 Å². The van der Waals surface area contributed by atoms with Crippen molar-refractivity contribution in [3.8, 4) is 0 Å². The van der Waals surface area contributed by atoms with Gasteiger partial charge in [-0.2, -0.15) is 0 Å². The quantitative estimate of drug-likeness (QED) is 0.618. The maximum Gasteiger partial charge on any atom is 0.304 e. The van der Waals surface area contributed by atoms with Gasteiger partial charge in [0.2, 0.25) is 0 Å². The van der Waals surface area contributed by atoms with Gasteiger partial charge in [0, 0.05) is 12.6 Å². The van der Waals surface area contributed by atoms with Crippen molar-refractivity contribution in [3.63, 3.8) is 0 Å². The number of aliphatic hydroxyl groups is 1. The van der Waals surface area contributed by atoms with Crippen LogP contribution in [0.3, 0.4) is 0 Å². The normalized spacial score (nSPS) is 22.2. The van der Waals surface area contributed by atoms with Crippen LogP contribution in [0, 0.1) is 0 Å². The first kappa shape index (κ1) is 13.4. The van der Waals surface area contributed by atoms with Gasteiger partial charge < -0.3 is 14.9 Å². The number of ether oxygens (including phenoxy) is 1. The molecule has 0 aromatic rings. The molecule has 1 aliphatic rings. The van der Waals surface area contributed by atoms with Crippen molar-refractivity contribution in [3.05, 3.63) is 0 Å². The molecule has 1 rings (SSSR count). The van der Waals surface area contributed by atoms with Gasteiger partial charge in [0.05, 0.1) is 26.2 Å². The Balaban J connectivity index is 2.26. The number of carbonyl (C=O) groups is 1. The molecule has 2 N–H and O–H groups in total. The van der Waals surface area contributed by atoms with Crippen LogP contribution in [-0.4, -0.2) is 60.0 Å². The van der Waals surface area contributed by atoms with E-state index in [1.165, 1.54) is 0 Å². The maximum absolute atomic E-state index is 10.7. The summed E-state index contributed by atoms with van der Waals surface area (Å²) >= 11 is 0. The average molecular weight is 231 g/mol. The minimum atomic E-state index is -0.729. The zero-order valence-electron chi connectivity index (χ0n) is 9.60. The van der Waals surface area contributed by atoms with E-state index < -0.39 is 5.97 Å². The summed E-state index contributed by atoms with van der Waals surface area (Å²) in [4.78, 5) is 12.9. The highest BCUT2D eigenvalue weighted by molar-refractivity contribution is 5.67. The summed E-state index contributed by atoms with van der Waals surface area (Å²) in [5, 5.41) is 17.4. The fraction of sp³-hybridized carbons (Fsp3) is 0.909. The molecule has 0 aliphatic carbocycles. The Morgan fingerprint density at radius 3 is 2.88 bits per heavy atom. The molecule has 0 saturated carbocycles. The zero-order chi connectivity index (χ0) is 11.8. The Hall–Kier alpha value is -0.650. The van der Waals surface area contributed by atoms with E-state index in [2.05, 4.69) is 4.90 Å². The lowest BCUT2D eigenvalue weighted by molar-refractivity contribution is -0.138. The largest absolute Gasteiger partial charge is 0.481 e. The number of hydrogen-bond acceptors (Lipinski definition) is 4. The summed E-state index contributed by atoms with van der Waals surface area (Å²) in [6.07, 6.45) is 3.44. The molecule has 1 fully saturated rings. The number of likely N-dealkylation sites (tertiary alicyclic amines) is 1. The van der Waals surface area contributed by atoms with Crippen LogP contribution in [0.2, 0.25) is 0 Å². The Morgan fingerprint density at radius 1 is 1.38 bits per heavy atom. The summed E-state index contributed by atoms with van der Waals surface area (Å²) in [6, 6.07) is 0.156. The Labute approximate surface area is 96.0 Å². The number of hydrogen-bond donors (Lipinski definition) is 2. The monoisotopic (exact) mass is 231 g/mol. The van der Waals surface area contributed by atoms with Gasteiger partial charge in [-0.05, 0) is 19.4 Å². The van der Waals surface area contributed by atoms with Gasteiger partial charge in [0.1, 0.15) is 0 Å². The highest BCUT2D eigenvalue weighted by atomic mass is 16.5. The summed E-state index contributed by atoms with van der Waals surface area (Å²) < 4.78 is 5.20. The average Bonchev–Trinajstić information content (AvgIpc) is 2.26. The number of carboxylic acid groups (broad SMARTS) is 1. The molecule has 1 heterocycles. The van der Waals surface area contributed by atoms with Crippen LogP contribution >= 0.6 is 0 Å². The summed E-state index contributed by atoms with van der Waals surface area (Å²) in [7, 11) is 0. The molecular formula is C11H21NO4. The van der Waals surface area contributed by atoms with Crippen molar-refractivity contribution in [2.24, 2.45) is 0 Å². The third-order valence-corrected chi connectivity index (χ3v) is 2.92. The molecule has 16 heavy (non-hydrogen) atoms. The first-order valence-electron chi connectivity index (χ1n) is 5.88. The van der Waals surface area contributed by atoms with Crippen molar-refractivity contribution in [2.75, 3.05) is 32.9 Å². The van der Waals surface area contributed by atoms with E-state index in [0.29, 0.717) is 13.2 Å². The number of nitrogens with zero attached hydrogens (tertiary/aromatic N) is 1. The van der Waals surface area contributed by atoms with Crippen molar-refractivity contribution in [2.45, 2.75) is 31.7 Å². The summed E-state index contributed by atoms with van der Waals surface area (Å²) in [5.74, 6) is -0.729. The van der Waals surface area contributed by atoms with Crippen molar-refractivity contribution >= 4 is 5.97 Å². The minimum Gasteiger partial charge on any atom is -0.481 e. The second kappa shape index (κ2) is 7.60. The summed E-state index contributed by atoms with van der Waals surface area (Å²) in [5.41, 5.74) is 0. The molecule has 1 saturated heterocycles. The standard InChI is InChI=1S/C11H21NO4/c13-6-8-16-7-5-12-4-2-1-3-10(12)9-11(14)15/h10,13H,1-9H2,(H,14,15). The molecule has 1 atom stereocenters. The predicted octanol–water partition coefficient (Wildman–Crippen LogP) is 0.325. The van der Waals surface area contributed by atoms with Gasteiger partial charge in [-0.3, -0.25) is 9.69 Å². The Bertz CT molecular complexity index is 210. The van der Waals surface area contributed by atoms with E-state index in [-0.39, 0.29) is 19.1 Å². The Kier molecular flexibility index (Phi) is 6.37. The van der Waals surface area contributed by atoms with Gasteiger partial charge in [0.25, 0.3) is 0 Å². The second-order valence-corrected chi connectivity index (χ2v) is 4.12. The fourth-order valence-corrected chi connectivity index (χ4v) is 2.14. The van der Waals surface area contributed by atoms with E-state index in [0.717, 1.165) is 32.4 Å². The molecule has 0 bridgehead atoms. The smallest absolute Gasteiger partial charge is 0.304 e. The van der Waals surface area contributed by atoms with Crippen LogP contribution in [-0.2, 0) is 9.53 Å². The molecular weight excluding hydrogens is 210 g/mol. The van der Waals surface area contributed by atoms with Gasteiger partial charge in [-0.1, -0.05) is 6.42 Å². The zero-order valence-corrected chi connectivity index (χ0v) is 9.60. The van der Waals surface area contributed by atoms with Crippen LogP contribution in [0.4, 0.5) is 0 Å². The molecule has 0 radical (unpaired) electrons. The van der Waals surface area contributed by atoms with Crippen molar-refractivity contribution < 1.29 is 19.7 Å². The SMILES string of the molecule is O=C(O)CC1CCCCN1CCOCCO. The third kappa shape index (κ3) is 4.92. The molecule has 0 spiro atoms. The van der Waals surface area contributed by atoms with Gasteiger partial charge in [0.15, 0.2) is 0 Å². The Morgan fingerprint density at radius 2 is 2.19 bits per heavy atom. The molecule has 0 aromatic heterocycles. The molecule has 0 amide bonds. The number of rotatable bonds is 7. The van der Waals surface area contributed by atoms with Crippen LogP contribution in [0.15, 0.2) is 0 Å². The van der Waals surface area contributed by atoms with Crippen LogP contribution < -0.4 is 0 Å². The highest BCUT2D eigenvalue weighted by Crippen LogP contribution is 2.19. The first-order chi connectivity index (χ1) is 7.74. The van der Waals surface area contributed by atoms with E-state index in [4.69, 9.17) is 14.9 Å². The number of piperidine rings is 1. The number of carboxylic acids is 1. The lowest BCUT2D eigenvalue weighted by Gasteiger charge is -2.34. The lowest BCUT2D eigenvalue weighted by atomic mass is 9.99. The van der Waals surface area contributed by atoms with Crippen molar-refractivity contribution in [1.29, 1.82) is 0 Å². The van der Waals surface area contributed by atoms with E-state index in [1.807, 2.05) is 0 Å². The van der Waals surface area contributed by atoms with Gasteiger partial charge >= 0.3 is 5.97 Å². The van der Waals surface area contributed by atoms with Gasteiger partial charge in [-0.15, -0.1) is 0 Å². The lowest BCUT2D eigenvalue weighted by Crippen LogP contribution is -2.42. The molecule has 5 nitrogen and oxygen atoms in total. The second-order valence-electron chi connectivity index (χ2n) is 4.12. The fourth-order valence-electron chi connectivity index (χ4n) is 2.14. The van der Waals surface area contributed by atoms with Crippen LogP contribution in [0.1, 0.15) is 25.7 Å². The molecule has 5 heteroatoms. The third-order valence-electron chi connectivity index (χ3n) is 2.92. The number of aliphatic hydroxyl groups excluding tert-OH is 1. The minimum absolute atomic E-state index is 0.0402. The molecule has 1 aliphatic heterocycles. The van der Waals surface area contributed by atoms with E-state index in [9.17, 15) is 4.79 Å². The highest BCUT2D eigenvalue weighted by Gasteiger charge is 2.23. The number of aliphatic carboxylic acids is 1.